The summed E-state index contributed by atoms with van der Waals surface area (Å²) in [6, 6.07) is 15.7. The summed E-state index contributed by atoms with van der Waals surface area (Å²) in [6.07, 6.45) is 2.13. The molecule has 5 nitrogen and oxygen atoms in total. The summed E-state index contributed by atoms with van der Waals surface area (Å²) in [4.78, 5) is 12.8. The first kappa shape index (κ1) is 19.7. The summed E-state index contributed by atoms with van der Waals surface area (Å²) < 4.78 is 23.1. The van der Waals surface area contributed by atoms with Crippen LogP contribution in [0.2, 0.25) is 0 Å². The summed E-state index contributed by atoms with van der Waals surface area (Å²) >= 11 is 0. The third-order valence-corrected chi connectivity index (χ3v) is 5.63. The third kappa shape index (κ3) is 4.52. The highest BCUT2D eigenvalue weighted by atomic mass is 16.5. The van der Waals surface area contributed by atoms with E-state index in [9.17, 15) is 4.79 Å². The molecule has 152 valence electrons. The normalized spacial score (nSPS) is 24.1. The van der Waals surface area contributed by atoms with Gasteiger partial charge in [-0.3, -0.25) is 4.79 Å². The van der Waals surface area contributed by atoms with Crippen molar-refractivity contribution in [1.29, 1.82) is 0 Å². The monoisotopic (exact) mass is 394 g/mol. The molecule has 0 spiro atoms. The van der Waals surface area contributed by atoms with Crippen molar-refractivity contribution in [2.45, 2.75) is 45.4 Å². The van der Waals surface area contributed by atoms with Crippen molar-refractivity contribution in [3.8, 4) is 5.75 Å². The van der Waals surface area contributed by atoms with E-state index >= 15 is 0 Å². The number of carbonyl (C=O) groups excluding carboxylic acids is 1. The van der Waals surface area contributed by atoms with Crippen LogP contribution in [-0.2, 0) is 38.8 Å². The molecule has 0 saturated heterocycles. The number of carbonyl (C=O) groups is 1. The second-order valence-electron chi connectivity index (χ2n) is 7.55. The molecule has 29 heavy (non-hydrogen) atoms. The van der Waals surface area contributed by atoms with Crippen molar-refractivity contribution in [2.24, 2.45) is 5.92 Å². The first-order valence-electron chi connectivity index (χ1n) is 9.92. The van der Waals surface area contributed by atoms with Gasteiger partial charge in [-0.15, -0.1) is 0 Å². The van der Waals surface area contributed by atoms with E-state index in [0.717, 1.165) is 28.0 Å². The van der Waals surface area contributed by atoms with Crippen LogP contribution >= 0.6 is 0 Å². The fraction of sp³-hybridized carbons (Fsp3) is 0.375. The van der Waals surface area contributed by atoms with Crippen molar-refractivity contribution < 1.29 is 23.7 Å². The molecule has 2 aliphatic rings. The minimum absolute atomic E-state index is 0.141. The summed E-state index contributed by atoms with van der Waals surface area (Å²) in [7, 11) is 1.65. The van der Waals surface area contributed by atoms with Gasteiger partial charge in [0.2, 0.25) is 0 Å². The Labute approximate surface area is 171 Å². The van der Waals surface area contributed by atoms with Crippen molar-refractivity contribution >= 4 is 5.97 Å². The minimum Gasteiger partial charge on any atom is -0.497 e. The molecule has 0 amide bonds. The zero-order valence-corrected chi connectivity index (χ0v) is 16.8. The van der Waals surface area contributed by atoms with Crippen molar-refractivity contribution in [1.82, 2.24) is 0 Å². The molecule has 0 radical (unpaired) electrons. The predicted molar refractivity (Wildman–Crippen MR) is 108 cm³/mol. The van der Waals surface area contributed by atoms with Crippen LogP contribution in [0.1, 0.15) is 30.0 Å². The maximum atomic E-state index is 12.8. The SMILES string of the molecule is COc1ccc(CO[C@H]2C[C@@H]3C(=O)OCc4ccccc4CO[C@@H]3C=C2C)cc1. The van der Waals surface area contributed by atoms with E-state index < -0.39 is 0 Å². The molecule has 0 saturated carbocycles. The van der Waals surface area contributed by atoms with Gasteiger partial charge in [0.05, 0.1) is 38.4 Å². The minimum atomic E-state index is -0.367. The van der Waals surface area contributed by atoms with Crippen LogP contribution in [0.4, 0.5) is 0 Å². The van der Waals surface area contributed by atoms with Gasteiger partial charge in [-0.05, 0) is 47.7 Å². The number of hydrogen-bond donors (Lipinski definition) is 0. The lowest BCUT2D eigenvalue weighted by molar-refractivity contribution is -0.156. The molecule has 1 heterocycles. The quantitative estimate of drug-likeness (QED) is 0.575. The van der Waals surface area contributed by atoms with E-state index in [4.69, 9.17) is 18.9 Å². The van der Waals surface area contributed by atoms with Gasteiger partial charge < -0.3 is 18.9 Å². The van der Waals surface area contributed by atoms with Crippen LogP contribution in [0.5, 0.6) is 5.75 Å². The van der Waals surface area contributed by atoms with E-state index in [2.05, 4.69) is 0 Å². The number of hydrogen-bond acceptors (Lipinski definition) is 5. The molecule has 2 aromatic carbocycles. The van der Waals surface area contributed by atoms with Gasteiger partial charge in [0, 0.05) is 0 Å². The fourth-order valence-electron chi connectivity index (χ4n) is 3.83. The summed E-state index contributed by atoms with van der Waals surface area (Å²) in [6.45, 7) is 3.25. The fourth-order valence-corrected chi connectivity index (χ4v) is 3.83. The molecule has 5 heteroatoms. The van der Waals surface area contributed by atoms with E-state index in [1.165, 1.54) is 0 Å². The molecular formula is C24H26O5. The van der Waals surface area contributed by atoms with Gasteiger partial charge in [-0.2, -0.15) is 0 Å². The zero-order valence-electron chi connectivity index (χ0n) is 16.8. The maximum Gasteiger partial charge on any atom is 0.312 e. The van der Waals surface area contributed by atoms with Crippen LogP contribution < -0.4 is 4.74 Å². The molecule has 2 aromatic rings. The Bertz CT molecular complexity index is 886. The molecule has 0 N–H and O–H groups in total. The number of cyclic esters (lactones) is 1. The lowest BCUT2D eigenvalue weighted by Gasteiger charge is -2.32. The Morgan fingerprint density at radius 3 is 2.48 bits per heavy atom. The number of methoxy groups -OCH3 is 1. The number of ether oxygens (including phenoxy) is 4. The summed E-state index contributed by atoms with van der Waals surface area (Å²) in [5.41, 5.74) is 4.20. The highest BCUT2D eigenvalue weighted by Gasteiger charge is 2.37. The van der Waals surface area contributed by atoms with Gasteiger partial charge in [0.25, 0.3) is 0 Å². The molecule has 0 unspecified atom stereocenters. The lowest BCUT2D eigenvalue weighted by Crippen LogP contribution is -2.38. The summed E-state index contributed by atoms with van der Waals surface area (Å²) in [5.74, 6) is 0.221. The van der Waals surface area contributed by atoms with Crippen LogP contribution in [-0.4, -0.2) is 25.3 Å². The first-order valence-corrected chi connectivity index (χ1v) is 9.92. The van der Waals surface area contributed by atoms with Gasteiger partial charge in [-0.1, -0.05) is 42.5 Å². The zero-order chi connectivity index (χ0) is 20.2. The lowest BCUT2D eigenvalue weighted by atomic mass is 9.85. The van der Waals surface area contributed by atoms with Gasteiger partial charge >= 0.3 is 5.97 Å². The Morgan fingerprint density at radius 1 is 1.03 bits per heavy atom. The van der Waals surface area contributed by atoms with E-state index in [-0.39, 0.29) is 30.7 Å². The number of rotatable bonds is 4. The van der Waals surface area contributed by atoms with Crippen LogP contribution in [0.15, 0.2) is 60.2 Å². The average molecular weight is 394 g/mol. The molecule has 0 fully saturated rings. The van der Waals surface area contributed by atoms with Crippen molar-refractivity contribution in [2.75, 3.05) is 7.11 Å². The Hall–Kier alpha value is -2.63. The third-order valence-electron chi connectivity index (χ3n) is 5.63. The maximum absolute atomic E-state index is 12.8. The second-order valence-corrected chi connectivity index (χ2v) is 7.55. The van der Waals surface area contributed by atoms with E-state index in [1.807, 2.05) is 61.5 Å². The molecule has 0 bridgehead atoms. The van der Waals surface area contributed by atoms with Crippen LogP contribution in [0.25, 0.3) is 0 Å². The smallest absolute Gasteiger partial charge is 0.312 e. The van der Waals surface area contributed by atoms with Crippen LogP contribution in [0, 0.1) is 5.92 Å². The Kier molecular flexibility index (Phi) is 5.97. The van der Waals surface area contributed by atoms with Crippen LogP contribution in [0.3, 0.4) is 0 Å². The van der Waals surface area contributed by atoms with E-state index in [1.54, 1.807) is 7.11 Å². The predicted octanol–water partition coefficient (Wildman–Crippen LogP) is 4.19. The number of fused-ring (bicyclic) bond motifs is 2. The van der Waals surface area contributed by atoms with Crippen molar-refractivity contribution in [3.05, 3.63) is 76.9 Å². The van der Waals surface area contributed by atoms with Gasteiger partial charge in [0.1, 0.15) is 12.4 Å². The summed E-state index contributed by atoms with van der Waals surface area (Å²) in [5, 5.41) is 0. The highest BCUT2D eigenvalue weighted by molar-refractivity contribution is 5.74. The highest BCUT2D eigenvalue weighted by Crippen LogP contribution is 2.32. The number of esters is 1. The molecule has 3 atom stereocenters. The average Bonchev–Trinajstić information content (AvgIpc) is 2.81. The first-order chi connectivity index (χ1) is 14.1. The molecule has 1 aliphatic heterocycles. The van der Waals surface area contributed by atoms with E-state index in [0.29, 0.717) is 19.6 Å². The van der Waals surface area contributed by atoms with Crippen molar-refractivity contribution in [3.63, 3.8) is 0 Å². The molecular weight excluding hydrogens is 368 g/mol. The second kappa shape index (κ2) is 8.80. The van der Waals surface area contributed by atoms with Gasteiger partial charge in [-0.25, -0.2) is 0 Å². The molecule has 4 rings (SSSR count). The van der Waals surface area contributed by atoms with Gasteiger partial charge in [0.15, 0.2) is 0 Å². The molecule has 1 aliphatic carbocycles. The Balaban J connectivity index is 1.46. The molecule has 0 aromatic heterocycles. The Morgan fingerprint density at radius 2 is 1.76 bits per heavy atom. The number of benzene rings is 2. The topological polar surface area (TPSA) is 54.0 Å². The largest absolute Gasteiger partial charge is 0.497 e. The standard InChI is InChI=1S/C24H26O5/c1-16-11-23-21(12-22(16)27-13-17-7-9-20(26-2)10-8-17)24(25)29-15-19-6-4-3-5-18(19)14-28-23/h3-11,21-23H,12-15H2,1-2H3/t21-,22-,23+/m0/s1.